The molecule has 0 saturated heterocycles. The van der Waals surface area contributed by atoms with Gasteiger partial charge in [-0.05, 0) is 25.0 Å². The topological polar surface area (TPSA) is 64.3 Å². The van der Waals surface area contributed by atoms with Gasteiger partial charge in [0.15, 0.2) is 0 Å². The summed E-state index contributed by atoms with van der Waals surface area (Å²) in [7, 11) is 0. The van der Waals surface area contributed by atoms with E-state index in [-0.39, 0.29) is 11.8 Å². The first-order valence-corrected chi connectivity index (χ1v) is 5.96. The quantitative estimate of drug-likeness (QED) is 0.830. The average Bonchev–Trinajstić information content (AvgIpc) is 2.35. The number of fused-ring (bicyclic) bond motifs is 1. The third-order valence-corrected chi connectivity index (χ3v) is 3.03. The molecule has 0 aliphatic carbocycles. The summed E-state index contributed by atoms with van der Waals surface area (Å²) in [4.78, 5) is 10.9. The Morgan fingerprint density at radius 2 is 2.41 bits per heavy atom. The SMILES string of the molecule is CC(COc1cccc2c1CCCN2)C(N)=O. The highest BCUT2D eigenvalue weighted by molar-refractivity contribution is 5.76. The lowest BCUT2D eigenvalue weighted by Crippen LogP contribution is -2.26. The second-order valence-electron chi connectivity index (χ2n) is 4.43. The van der Waals surface area contributed by atoms with Crippen LogP contribution in [0.2, 0.25) is 0 Å². The number of hydrogen-bond acceptors (Lipinski definition) is 3. The molecule has 92 valence electrons. The number of rotatable bonds is 4. The Morgan fingerprint density at radius 3 is 3.18 bits per heavy atom. The summed E-state index contributed by atoms with van der Waals surface area (Å²) in [5.74, 6) is 0.276. The molecule has 1 aliphatic heterocycles. The van der Waals surface area contributed by atoms with Gasteiger partial charge in [-0.2, -0.15) is 0 Å². The van der Waals surface area contributed by atoms with Gasteiger partial charge in [0, 0.05) is 17.8 Å². The van der Waals surface area contributed by atoms with Crippen LogP contribution < -0.4 is 15.8 Å². The lowest BCUT2D eigenvalue weighted by molar-refractivity contribution is -0.122. The highest BCUT2D eigenvalue weighted by Gasteiger charge is 2.15. The summed E-state index contributed by atoms with van der Waals surface area (Å²) in [6, 6.07) is 5.96. The fraction of sp³-hybridized carbons (Fsp3) is 0.462. The standard InChI is InChI=1S/C13H18N2O2/c1-9(13(14)16)8-17-12-6-2-5-11-10(12)4-3-7-15-11/h2,5-6,9,15H,3-4,7-8H2,1H3,(H2,14,16). The van der Waals surface area contributed by atoms with Crippen LogP contribution in [-0.2, 0) is 11.2 Å². The molecule has 1 heterocycles. The van der Waals surface area contributed by atoms with E-state index in [1.54, 1.807) is 6.92 Å². The lowest BCUT2D eigenvalue weighted by atomic mass is 10.0. The van der Waals surface area contributed by atoms with E-state index >= 15 is 0 Å². The minimum atomic E-state index is -0.326. The third kappa shape index (κ3) is 2.70. The zero-order valence-electron chi connectivity index (χ0n) is 10.0. The van der Waals surface area contributed by atoms with Crippen molar-refractivity contribution in [2.75, 3.05) is 18.5 Å². The largest absolute Gasteiger partial charge is 0.492 e. The number of carbonyl (C=O) groups is 1. The molecule has 2 rings (SSSR count). The van der Waals surface area contributed by atoms with Crippen molar-refractivity contribution in [1.29, 1.82) is 0 Å². The number of primary amides is 1. The Balaban J connectivity index is 2.08. The normalized spacial score (nSPS) is 15.6. The first-order valence-electron chi connectivity index (χ1n) is 5.96. The van der Waals surface area contributed by atoms with E-state index in [0.717, 1.165) is 30.8 Å². The van der Waals surface area contributed by atoms with Crippen LogP contribution in [0.5, 0.6) is 5.75 Å². The molecule has 4 heteroatoms. The van der Waals surface area contributed by atoms with Crippen LogP contribution in [0.3, 0.4) is 0 Å². The first kappa shape index (κ1) is 11.8. The van der Waals surface area contributed by atoms with Gasteiger partial charge in [-0.15, -0.1) is 0 Å². The monoisotopic (exact) mass is 234 g/mol. The Kier molecular flexibility index (Phi) is 3.52. The minimum Gasteiger partial charge on any atom is -0.492 e. The number of nitrogens with two attached hydrogens (primary N) is 1. The smallest absolute Gasteiger partial charge is 0.223 e. The fourth-order valence-electron chi connectivity index (χ4n) is 1.91. The maximum atomic E-state index is 10.9. The molecule has 1 unspecified atom stereocenters. The fourth-order valence-corrected chi connectivity index (χ4v) is 1.91. The summed E-state index contributed by atoms with van der Waals surface area (Å²) in [6.07, 6.45) is 2.13. The number of ether oxygens (including phenoxy) is 1. The van der Waals surface area contributed by atoms with Crippen molar-refractivity contribution in [1.82, 2.24) is 0 Å². The van der Waals surface area contributed by atoms with Crippen molar-refractivity contribution in [2.24, 2.45) is 11.7 Å². The second kappa shape index (κ2) is 5.08. The summed E-state index contributed by atoms with van der Waals surface area (Å²) < 4.78 is 5.69. The first-order chi connectivity index (χ1) is 8.18. The Morgan fingerprint density at radius 1 is 1.59 bits per heavy atom. The molecular weight excluding hydrogens is 216 g/mol. The molecule has 1 aromatic rings. The lowest BCUT2D eigenvalue weighted by Gasteiger charge is -2.21. The number of nitrogens with one attached hydrogen (secondary N) is 1. The highest BCUT2D eigenvalue weighted by atomic mass is 16.5. The molecule has 3 N–H and O–H groups in total. The molecule has 1 atom stereocenters. The van der Waals surface area contributed by atoms with Crippen LogP contribution in [0.1, 0.15) is 18.9 Å². The number of carbonyl (C=O) groups excluding carboxylic acids is 1. The second-order valence-corrected chi connectivity index (χ2v) is 4.43. The van der Waals surface area contributed by atoms with Crippen LogP contribution in [-0.4, -0.2) is 19.1 Å². The molecule has 0 aromatic heterocycles. The van der Waals surface area contributed by atoms with Crippen LogP contribution >= 0.6 is 0 Å². The van der Waals surface area contributed by atoms with Gasteiger partial charge in [0.2, 0.25) is 5.91 Å². The van der Waals surface area contributed by atoms with Crippen LogP contribution in [0, 0.1) is 5.92 Å². The number of hydrogen-bond donors (Lipinski definition) is 2. The summed E-state index contributed by atoms with van der Waals surface area (Å²) >= 11 is 0. The van der Waals surface area contributed by atoms with E-state index in [9.17, 15) is 4.79 Å². The zero-order valence-corrected chi connectivity index (χ0v) is 10.0. The summed E-state index contributed by atoms with van der Waals surface area (Å²) in [6.45, 7) is 3.12. The van der Waals surface area contributed by atoms with E-state index in [2.05, 4.69) is 11.4 Å². The molecule has 0 radical (unpaired) electrons. The van der Waals surface area contributed by atoms with E-state index in [0.29, 0.717) is 6.61 Å². The molecule has 1 amide bonds. The molecule has 0 saturated carbocycles. The number of amides is 1. The molecule has 1 aliphatic rings. The number of anilines is 1. The van der Waals surface area contributed by atoms with Gasteiger partial charge in [0.05, 0.1) is 12.5 Å². The molecule has 4 nitrogen and oxygen atoms in total. The van der Waals surface area contributed by atoms with E-state index < -0.39 is 0 Å². The van der Waals surface area contributed by atoms with Crippen LogP contribution in [0.15, 0.2) is 18.2 Å². The maximum Gasteiger partial charge on any atom is 0.223 e. The van der Waals surface area contributed by atoms with Gasteiger partial charge < -0.3 is 15.8 Å². The molecule has 17 heavy (non-hydrogen) atoms. The Bertz CT molecular complexity index is 418. The van der Waals surface area contributed by atoms with Crippen LogP contribution in [0.4, 0.5) is 5.69 Å². The van der Waals surface area contributed by atoms with Gasteiger partial charge in [-0.25, -0.2) is 0 Å². The molecule has 0 fully saturated rings. The zero-order chi connectivity index (χ0) is 12.3. The van der Waals surface area contributed by atoms with Gasteiger partial charge in [-0.3, -0.25) is 4.79 Å². The van der Waals surface area contributed by atoms with Crippen molar-refractivity contribution in [3.63, 3.8) is 0 Å². The van der Waals surface area contributed by atoms with Gasteiger partial charge in [-0.1, -0.05) is 13.0 Å². The Hall–Kier alpha value is -1.71. The van der Waals surface area contributed by atoms with Crippen molar-refractivity contribution in [3.05, 3.63) is 23.8 Å². The Labute approximate surface area is 101 Å². The predicted octanol–water partition coefficient (Wildman–Crippen LogP) is 1.54. The molecular formula is C13H18N2O2. The van der Waals surface area contributed by atoms with Crippen LogP contribution in [0.25, 0.3) is 0 Å². The van der Waals surface area contributed by atoms with Crippen molar-refractivity contribution >= 4 is 11.6 Å². The van der Waals surface area contributed by atoms with Gasteiger partial charge >= 0.3 is 0 Å². The predicted molar refractivity (Wildman–Crippen MR) is 67.1 cm³/mol. The minimum absolute atomic E-state index is 0.262. The van der Waals surface area contributed by atoms with Crippen molar-refractivity contribution in [2.45, 2.75) is 19.8 Å². The van der Waals surface area contributed by atoms with E-state index in [4.69, 9.17) is 10.5 Å². The molecule has 1 aromatic carbocycles. The van der Waals surface area contributed by atoms with Gasteiger partial charge in [0.25, 0.3) is 0 Å². The number of benzene rings is 1. The van der Waals surface area contributed by atoms with E-state index in [1.807, 2.05) is 12.1 Å². The highest BCUT2D eigenvalue weighted by Crippen LogP contribution is 2.30. The summed E-state index contributed by atoms with van der Waals surface area (Å²) in [5, 5.41) is 3.34. The van der Waals surface area contributed by atoms with E-state index in [1.165, 1.54) is 5.56 Å². The summed E-state index contributed by atoms with van der Waals surface area (Å²) in [5.41, 5.74) is 7.55. The van der Waals surface area contributed by atoms with Gasteiger partial charge in [0.1, 0.15) is 5.75 Å². The average molecular weight is 234 g/mol. The van der Waals surface area contributed by atoms with Crippen molar-refractivity contribution < 1.29 is 9.53 Å². The third-order valence-electron chi connectivity index (χ3n) is 3.03. The maximum absolute atomic E-state index is 10.9. The molecule has 0 bridgehead atoms. The molecule has 0 spiro atoms. The van der Waals surface area contributed by atoms with Crippen molar-refractivity contribution in [3.8, 4) is 5.75 Å².